The van der Waals surface area contributed by atoms with Crippen LogP contribution in [0, 0.1) is 12.7 Å². The summed E-state index contributed by atoms with van der Waals surface area (Å²) in [4.78, 5) is 13.2. The summed E-state index contributed by atoms with van der Waals surface area (Å²) < 4.78 is 54.6. The number of hydrogen-bond donors (Lipinski definition) is 2. The van der Waals surface area contributed by atoms with Gasteiger partial charge < -0.3 is 10.4 Å². The Bertz CT molecular complexity index is 1360. The van der Waals surface area contributed by atoms with Gasteiger partial charge in [-0.1, -0.05) is 36.4 Å². The molecule has 0 bridgehead atoms. The van der Waals surface area contributed by atoms with Crippen LogP contribution in [-0.2, 0) is 12.6 Å². The molecule has 0 aliphatic rings. The molecule has 2 N–H and O–H groups in total. The fraction of sp³-hybridized carbons (Fsp3) is 0.192. The molecule has 3 aromatic carbocycles. The van der Waals surface area contributed by atoms with Crippen LogP contribution in [0.5, 0.6) is 0 Å². The van der Waals surface area contributed by atoms with E-state index in [2.05, 4.69) is 5.32 Å². The number of aliphatic hydroxyl groups excluding tert-OH is 1. The quantitative estimate of drug-likeness (QED) is 0.312. The van der Waals surface area contributed by atoms with Gasteiger partial charge in [0, 0.05) is 28.1 Å². The maximum absolute atomic E-state index is 14.4. The van der Waals surface area contributed by atoms with Gasteiger partial charge in [-0.25, -0.2) is 4.39 Å². The molecule has 1 amide bonds. The Hall–Kier alpha value is -3.23. The molecule has 34 heavy (non-hydrogen) atoms. The first-order valence-electron chi connectivity index (χ1n) is 10.5. The number of nitrogens with one attached hydrogen (secondary N) is 1. The van der Waals surface area contributed by atoms with Crippen LogP contribution in [-0.4, -0.2) is 24.2 Å². The van der Waals surface area contributed by atoms with Crippen LogP contribution in [0.25, 0.3) is 21.2 Å². The molecule has 0 saturated carbocycles. The van der Waals surface area contributed by atoms with Crippen LogP contribution >= 0.6 is 11.3 Å². The lowest BCUT2D eigenvalue weighted by atomic mass is 9.99. The first kappa shape index (κ1) is 23.9. The number of aryl methyl sites for hydroxylation is 1. The molecule has 8 heteroatoms. The van der Waals surface area contributed by atoms with Gasteiger partial charge in [0.15, 0.2) is 0 Å². The molecule has 0 aliphatic heterocycles. The van der Waals surface area contributed by atoms with E-state index in [0.29, 0.717) is 17.5 Å². The Balaban J connectivity index is 1.74. The maximum atomic E-state index is 14.4. The minimum absolute atomic E-state index is 0.0588. The lowest BCUT2D eigenvalue weighted by Gasteiger charge is -2.08. The Morgan fingerprint density at radius 1 is 1.06 bits per heavy atom. The third-order valence-electron chi connectivity index (χ3n) is 5.55. The summed E-state index contributed by atoms with van der Waals surface area (Å²) in [6.07, 6.45) is -4.07. The molecule has 4 aromatic rings. The standard InChI is InChI=1S/C26H21F4NO2S/c1-15-21-6-3-7-22(17-12-18(14-20(27)13-17)25(33)31-8-9-32)24(21)34-23(15)11-16-4-2-5-19(10-16)26(28,29)30/h2-7,10,12-14,32H,8-9,11H2,1H3,(H,31,33). The van der Waals surface area contributed by atoms with Gasteiger partial charge in [0.25, 0.3) is 5.91 Å². The number of thiophene rings is 1. The molecule has 0 radical (unpaired) electrons. The van der Waals surface area contributed by atoms with Crippen molar-refractivity contribution in [2.75, 3.05) is 13.2 Å². The van der Waals surface area contributed by atoms with E-state index in [9.17, 15) is 22.4 Å². The number of benzene rings is 3. The molecular weight excluding hydrogens is 466 g/mol. The smallest absolute Gasteiger partial charge is 0.395 e. The van der Waals surface area contributed by atoms with Gasteiger partial charge in [0.1, 0.15) is 5.82 Å². The molecule has 0 unspecified atom stereocenters. The van der Waals surface area contributed by atoms with Crippen molar-refractivity contribution in [3.8, 4) is 11.1 Å². The number of halogens is 4. The second kappa shape index (κ2) is 9.56. The Kier molecular flexibility index (Phi) is 6.72. The zero-order valence-electron chi connectivity index (χ0n) is 18.2. The van der Waals surface area contributed by atoms with Gasteiger partial charge in [0.05, 0.1) is 12.2 Å². The fourth-order valence-electron chi connectivity index (χ4n) is 3.88. The third kappa shape index (κ3) is 4.98. The lowest BCUT2D eigenvalue weighted by molar-refractivity contribution is -0.137. The zero-order valence-corrected chi connectivity index (χ0v) is 19.0. The van der Waals surface area contributed by atoms with Gasteiger partial charge in [0.2, 0.25) is 0 Å². The molecule has 1 heterocycles. The topological polar surface area (TPSA) is 49.3 Å². The summed E-state index contributed by atoms with van der Waals surface area (Å²) in [5.74, 6) is -1.06. The number of carbonyl (C=O) groups is 1. The van der Waals surface area contributed by atoms with E-state index >= 15 is 0 Å². The second-order valence-electron chi connectivity index (χ2n) is 7.92. The fourth-order valence-corrected chi connectivity index (χ4v) is 5.25. The number of carbonyl (C=O) groups excluding carboxylic acids is 1. The molecule has 0 saturated heterocycles. The van der Waals surface area contributed by atoms with E-state index in [1.54, 1.807) is 12.1 Å². The summed E-state index contributed by atoms with van der Waals surface area (Å²) in [5, 5.41) is 12.4. The normalized spacial score (nSPS) is 11.7. The summed E-state index contributed by atoms with van der Waals surface area (Å²) >= 11 is 1.45. The number of fused-ring (bicyclic) bond motifs is 1. The monoisotopic (exact) mass is 487 g/mol. The van der Waals surface area contributed by atoms with E-state index < -0.39 is 23.5 Å². The van der Waals surface area contributed by atoms with Gasteiger partial charge in [-0.3, -0.25) is 4.79 Å². The third-order valence-corrected chi connectivity index (χ3v) is 6.89. The number of rotatable bonds is 6. The number of alkyl halides is 3. The van der Waals surface area contributed by atoms with E-state index in [1.807, 2.05) is 25.1 Å². The van der Waals surface area contributed by atoms with Crippen molar-refractivity contribution in [2.45, 2.75) is 19.5 Å². The lowest BCUT2D eigenvalue weighted by Crippen LogP contribution is -2.26. The predicted octanol–water partition coefficient (Wildman–Crippen LogP) is 6.35. The molecule has 0 aliphatic carbocycles. The van der Waals surface area contributed by atoms with Crippen LogP contribution in [0.1, 0.15) is 31.9 Å². The molecule has 0 spiro atoms. The Labute approximate surface area is 197 Å². The second-order valence-corrected chi connectivity index (χ2v) is 9.02. The summed E-state index contributed by atoms with van der Waals surface area (Å²) in [5.41, 5.74) is 2.22. The van der Waals surface area contributed by atoms with Crippen LogP contribution in [0.4, 0.5) is 17.6 Å². The van der Waals surface area contributed by atoms with Crippen LogP contribution < -0.4 is 5.32 Å². The van der Waals surface area contributed by atoms with E-state index in [0.717, 1.165) is 44.3 Å². The molecular formula is C26H21F4NO2S. The summed E-state index contributed by atoms with van der Waals surface area (Å²) in [7, 11) is 0. The number of amides is 1. The van der Waals surface area contributed by atoms with Crippen LogP contribution in [0.15, 0.2) is 60.7 Å². The molecule has 176 valence electrons. The van der Waals surface area contributed by atoms with Crippen molar-refractivity contribution in [3.05, 3.63) is 93.6 Å². The maximum Gasteiger partial charge on any atom is 0.416 e. The van der Waals surface area contributed by atoms with Crippen molar-refractivity contribution >= 4 is 27.3 Å². The van der Waals surface area contributed by atoms with Crippen molar-refractivity contribution in [1.82, 2.24) is 5.32 Å². The number of aliphatic hydroxyl groups is 1. The predicted molar refractivity (Wildman–Crippen MR) is 126 cm³/mol. The first-order valence-corrected chi connectivity index (χ1v) is 11.4. The zero-order chi connectivity index (χ0) is 24.5. The van der Waals surface area contributed by atoms with Gasteiger partial charge in [-0.05, 0) is 58.8 Å². The average molecular weight is 488 g/mol. The van der Waals surface area contributed by atoms with E-state index in [1.165, 1.54) is 23.5 Å². The minimum atomic E-state index is -4.41. The minimum Gasteiger partial charge on any atom is -0.395 e. The van der Waals surface area contributed by atoms with Crippen molar-refractivity contribution in [1.29, 1.82) is 0 Å². The van der Waals surface area contributed by atoms with Crippen LogP contribution in [0.2, 0.25) is 0 Å². The molecule has 0 atom stereocenters. The average Bonchev–Trinajstić information content (AvgIpc) is 3.12. The largest absolute Gasteiger partial charge is 0.416 e. The SMILES string of the molecule is Cc1c(Cc2cccc(C(F)(F)F)c2)sc2c(-c3cc(F)cc(C(=O)NCCO)c3)cccc12. The highest BCUT2D eigenvalue weighted by Crippen LogP contribution is 2.39. The molecule has 0 fully saturated rings. The highest BCUT2D eigenvalue weighted by molar-refractivity contribution is 7.19. The molecule has 1 aromatic heterocycles. The summed E-state index contributed by atoms with van der Waals surface area (Å²) in [6, 6.07) is 14.9. The van der Waals surface area contributed by atoms with Crippen molar-refractivity contribution in [2.24, 2.45) is 0 Å². The van der Waals surface area contributed by atoms with E-state index in [-0.39, 0.29) is 18.7 Å². The first-order chi connectivity index (χ1) is 16.2. The van der Waals surface area contributed by atoms with Gasteiger partial charge in [-0.15, -0.1) is 11.3 Å². The highest BCUT2D eigenvalue weighted by Gasteiger charge is 2.30. The van der Waals surface area contributed by atoms with E-state index in [4.69, 9.17) is 5.11 Å². The van der Waals surface area contributed by atoms with Crippen molar-refractivity contribution in [3.63, 3.8) is 0 Å². The Morgan fingerprint density at radius 3 is 2.56 bits per heavy atom. The van der Waals surface area contributed by atoms with Crippen molar-refractivity contribution < 1.29 is 27.5 Å². The Morgan fingerprint density at radius 2 is 1.82 bits per heavy atom. The molecule has 3 nitrogen and oxygen atoms in total. The van der Waals surface area contributed by atoms with Gasteiger partial charge in [-0.2, -0.15) is 13.2 Å². The van der Waals surface area contributed by atoms with Gasteiger partial charge >= 0.3 is 6.18 Å². The van der Waals surface area contributed by atoms with Crippen LogP contribution in [0.3, 0.4) is 0 Å². The molecule has 4 rings (SSSR count). The number of hydrogen-bond acceptors (Lipinski definition) is 3. The highest BCUT2D eigenvalue weighted by atomic mass is 32.1. The summed E-state index contributed by atoms with van der Waals surface area (Å²) in [6.45, 7) is 1.75.